The number of hydrogen-bond donors (Lipinski definition) is 1. The summed E-state index contributed by atoms with van der Waals surface area (Å²) < 4.78 is 26.9. The average molecular weight is 413 g/mol. The van der Waals surface area contributed by atoms with Crippen LogP contribution in [0.4, 0.5) is 5.82 Å². The van der Waals surface area contributed by atoms with Crippen LogP contribution in [0.1, 0.15) is 37.6 Å². The van der Waals surface area contributed by atoms with E-state index in [9.17, 15) is 8.42 Å². The molecule has 1 saturated heterocycles. The lowest BCUT2D eigenvalue weighted by molar-refractivity contribution is 0.0134. The van der Waals surface area contributed by atoms with Gasteiger partial charge in [-0.3, -0.25) is 0 Å². The van der Waals surface area contributed by atoms with Crippen molar-refractivity contribution in [1.29, 1.82) is 0 Å². The number of halogens is 1. The summed E-state index contributed by atoms with van der Waals surface area (Å²) >= 11 is 6.29. The highest BCUT2D eigenvalue weighted by Crippen LogP contribution is 2.52. The quantitative estimate of drug-likeness (QED) is 0.808. The van der Waals surface area contributed by atoms with E-state index in [1.807, 2.05) is 26.8 Å². The van der Waals surface area contributed by atoms with Crippen molar-refractivity contribution in [2.75, 3.05) is 24.5 Å². The van der Waals surface area contributed by atoms with Crippen LogP contribution in [0.15, 0.2) is 6.07 Å². The summed E-state index contributed by atoms with van der Waals surface area (Å²) in [5, 5.41) is 10.4. The van der Waals surface area contributed by atoms with Crippen LogP contribution in [-0.4, -0.2) is 53.0 Å². The third-order valence-corrected chi connectivity index (χ3v) is 7.12. The standard InChI is InChI=1S/C17H25ClN6O2S/c1-4-5-23(27(19,25)26)13-7-17(8-13)9-22(10-17)16-15-11(2)6-14(18)24(15)21-12(3)20-16/h6,13H,4-5,7-10H2,1-3H3,(H2,19,25,26). The fraction of sp³-hybridized carbons (Fsp3) is 0.647. The second kappa shape index (κ2) is 6.30. The van der Waals surface area contributed by atoms with E-state index < -0.39 is 10.2 Å². The zero-order chi connectivity index (χ0) is 19.6. The first kappa shape index (κ1) is 18.9. The summed E-state index contributed by atoms with van der Waals surface area (Å²) in [5.74, 6) is 1.57. The lowest BCUT2D eigenvalue weighted by Crippen LogP contribution is -2.67. The predicted octanol–water partition coefficient (Wildman–Crippen LogP) is 1.88. The van der Waals surface area contributed by atoms with Crippen LogP contribution >= 0.6 is 11.6 Å². The molecule has 0 unspecified atom stereocenters. The summed E-state index contributed by atoms with van der Waals surface area (Å²) in [6.07, 6.45) is 2.46. The van der Waals surface area contributed by atoms with E-state index in [4.69, 9.17) is 16.7 Å². The Hall–Kier alpha value is -1.42. The molecule has 2 aromatic rings. The normalized spacial score (nSPS) is 19.7. The second-order valence-corrected chi connectivity index (χ2v) is 9.85. The van der Waals surface area contributed by atoms with E-state index in [1.54, 1.807) is 4.52 Å². The van der Waals surface area contributed by atoms with E-state index in [0.717, 1.165) is 49.2 Å². The van der Waals surface area contributed by atoms with Gasteiger partial charge in [-0.25, -0.2) is 14.6 Å². The van der Waals surface area contributed by atoms with E-state index in [2.05, 4.69) is 15.0 Å². The minimum Gasteiger partial charge on any atom is -0.353 e. The molecule has 0 aromatic carbocycles. The van der Waals surface area contributed by atoms with Gasteiger partial charge in [0.05, 0.1) is 0 Å². The van der Waals surface area contributed by atoms with E-state index in [1.165, 1.54) is 4.31 Å². The molecule has 2 aliphatic rings. The SMILES string of the molecule is CCCN(C1CC2(C1)CN(c1nc(C)nn3c(Cl)cc(C)c13)C2)S(N)(=O)=O. The maximum atomic E-state index is 11.8. The van der Waals surface area contributed by atoms with Crippen molar-refractivity contribution < 1.29 is 8.42 Å². The first-order valence-electron chi connectivity index (χ1n) is 9.20. The monoisotopic (exact) mass is 412 g/mol. The van der Waals surface area contributed by atoms with Crippen molar-refractivity contribution in [1.82, 2.24) is 18.9 Å². The Morgan fingerprint density at radius 2 is 2.04 bits per heavy atom. The number of anilines is 1. The predicted molar refractivity (Wildman–Crippen MR) is 105 cm³/mol. The Morgan fingerprint density at radius 1 is 1.37 bits per heavy atom. The van der Waals surface area contributed by atoms with Crippen LogP contribution in [0.2, 0.25) is 5.15 Å². The molecule has 0 atom stereocenters. The molecule has 2 aromatic heterocycles. The van der Waals surface area contributed by atoms with Crippen molar-refractivity contribution >= 4 is 33.1 Å². The minimum atomic E-state index is -3.64. The third-order valence-electron chi connectivity index (χ3n) is 5.71. The van der Waals surface area contributed by atoms with Gasteiger partial charge in [0.1, 0.15) is 16.5 Å². The molecule has 1 aliphatic carbocycles. The number of rotatable bonds is 5. The summed E-state index contributed by atoms with van der Waals surface area (Å²) in [7, 11) is -3.64. The smallest absolute Gasteiger partial charge is 0.277 e. The maximum Gasteiger partial charge on any atom is 0.277 e. The molecule has 2 N–H and O–H groups in total. The third kappa shape index (κ3) is 3.10. The van der Waals surface area contributed by atoms with Crippen molar-refractivity contribution in [2.24, 2.45) is 10.6 Å². The van der Waals surface area contributed by atoms with Crippen molar-refractivity contribution in [2.45, 2.75) is 46.1 Å². The van der Waals surface area contributed by atoms with Crippen LogP contribution in [0.25, 0.3) is 5.52 Å². The topological polar surface area (TPSA) is 96.8 Å². The van der Waals surface area contributed by atoms with Gasteiger partial charge >= 0.3 is 0 Å². The molecular formula is C17H25ClN6O2S. The number of aryl methyl sites for hydroxylation is 2. The minimum absolute atomic E-state index is 0.0127. The number of nitrogens with zero attached hydrogens (tertiary/aromatic N) is 5. The zero-order valence-electron chi connectivity index (χ0n) is 15.8. The van der Waals surface area contributed by atoms with Crippen LogP contribution in [0, 0.1) is 19.3 Å². The second-order valence-electron chi connectivity index (χ2n) is 7.97. The van der Waals surface area contributed by atoms with Gasteiger partial charge in [-0.05, 0) is 44.7 Å². The molecule has 0 bridgehead atoms. The first-order chi connectivity index (χ1) is 12.6. The fourth-order valence-corrected chi connectivity index (χ4v) is 5.89. The van der Waals surface area contributed by atoms with Crippen molar-refractivity contribution in [3.05, 3.63) is 22.6 Å². The highest BCUT2D eigenvalue weighted by atomic mass is 35.5. The van der Waals surface area contributed by atoms with Crippen molar-refractivity contribution in [3.63, 3.8) is 0 Å². The Balaban J connectivity index is 1.51. The number of hydrogen-bond acceptors (Lipinski definition) is 5. The highest BCUT2D eigenvalue weighted by Gasteiger charge is 2.55. The Bertz CT molecular complexity index is 991. The van der Waals surface area contributed by atoms with Crippen LogP contribution in [-0.2, 0) is 10.2 Å². The summed E-state index contributed by atoms with van der Waals surface area (Å²) in [4.78, 5) is 6.89. The fourth-order valence-electron chi connectivity index (χ4n) is 4.60. The van der Waals surface area contributed by atoms with Crippen LogP contribution in [0.5, 0.6) is 0 Å². The van der Waals surface area contributed by atoms with Gasteiger partial charge in [-0.15, -0.1) is 0 Å². The van der Waals surface area contributed by atoms with E-state index >= 15 is 0 Å². The molecule has 1 aliphatic heterocycles. The van der Waals surface area contributed by atoms with Crippen molar-refractivity contribution in [3.8, 4) is 0 Å². The molecule has 3 heterocycles. The summed E-state index contributed by atoms with van der Waals surface area (Å²) in [6.45, 7) is 8.04. The van der Waals surface area contributed by atoms with Crippen LogP contribution in [0.3, 0.4) is 0 Å². The number of nitrogens with two attached hydrogens (primary N) is 1. The van der Waals surface area contributed by atoms with Gasteiger partial charge in [0.2, 0.25) is 0 Å². The molecular weight excluding hydrogens is 388 g/mol. The van der Waals surface area contributed by atoms with Gasteiger partial charge in [0, 0.05) is 31.1 Å². The molecule has 1 spiro atoms. The molecule has 148 valence electrons. The Morgan fingerprint density at radius 3 is 2.63 bits per heavy atom. The molecule has 1 saturated carbocycles. The lowest BCUT2D eigenvalue weighted by Gasteiger charge is -2.60. The van der Waals surface area contributed by atoms with Gasteiger partial charge in [0.15, 0.2) is 5.82 Å². The first-order valence-corrected chi connectivity index (χ1v) is 11.1. The van der Waals surface area contributed by atoms with Crippen LogP contribution < -0.4 is 10.0 Å². The molecule has 27 heavy (non-hydrogen) atoms. The summed E-state index contributed by atoms with van der Waals surface area (Å²) in [6, 6.07) is 1.91. The van der Waals surface area contributed by atoms with Gasteiger partial charge in [-0.1, -0.05) is 18.5 Å². The molecule has 10 heteroatoms. The largest absolute Gasteiger partial charge is 0.353 e. The zero-order valence-corrected chi connectivity index (χ0v) is 17.4. The van der Waals surface area contributed by atoms with Gasteiger partial charge in [-0.2, -0.15) is 17.8 Å². The Labute approximate surface area is 164 Å². The van der Waals surface area contributed by atoms with Gasteiger partial charge < -0.3 is 4.90 Å². The molecule has 0 radical (unpaired) electrons. The maximum absolute atomic E-state index is 11.8. The van der Waals surface area contributed by atoms with E-state index in [0.29, 0.717) is 17.5 Å². The number of fused-ring (bicyclic) bond motifs is 1. The lowest BCUT2D eigenvalue weighted by atomic mass is 9.60. The van der Waals surface area contributed by atoms with E-state index in [-0.39, 0.29) is 11.5 Å². The highest BCUT2D eigenvalue weighted by molar-refractivity contribution is 7.86. The molecule has 4 rings (SSSR count). The molecule has 2 fully saturated rings. The Kier molecular flexibility index (Phi) is 4.41. The molecule has 8 nitrogen and oxygen atoms in total. The summed E-state index contributed by atoms with van der Waals surface area (Å²) in [5.41, 5.74) is 2.14. The molecule has 0 amide bonds. The van der Waals surface area contributed by atoms with Gasteiger partial charge in [0.25, 0.3) is 10.2 Å². The average Bonchev–Trinajstić information content (AvgIpc) is 2.76. The number of aromatic nitrogens is 3.